The van der Waals surface area contributed by atoms with E-state index in [0.29, 0.717) is 6.54 Å². The van der Waals surface area contributed by atoms with Gasteiger partial charge in [0, 0.05) is 31.0 Å². The number of carbonyl (C=O) groups excluding carboxylic acids is 3. The van der Waals surface area contributed by atoms with Crippen molar-refractivity contribution in [3.8, 4) is 0 Å². The molecule has 3 N–H and O–H groups in total. The molecule has 0 saturated carbocycles. The number of sulfone groups is 1. The molecular formula is C30H37N3O5S. The average molecular weight is 552 g/mol. The molecule has 0 heterocycles. The summed E-state index contributed by atoms with van der Waals surface area (Å²) in [5.41, 5.74) is 0.445. The second-order valence-electron chi connectivity index (χ2n) is 10.8. The lowest BCUT2D eigenvalue weighted by Crippen LogP contribution is -2.46. The zero-order chi connectivity index (χ0) is 28.6. The molecule has 0 fully saturated rings. The van der Waals surface area contributed by atoms with Gasteiger partial charge >= 0.3 is 0 Å². The van der Waals surface area contributed by atoms with Gasteiger partial charge in [0.05, 0.1) is 16.6 Å². The largest absolute Gasteiger partial charge is 0.353 e. The number of benzene rings is 3. The maximum absolute atomic E-state index is 13.2. The lowest BCUT2D eigenvalue weighted by molar-refractivity contribution is -0.131. The Hall–Kier alpha value is -3.72. The molecule has 39 heavy (non-hydrogen) atoms. The average Bonchev–Trinajstić information content (AvgIpc) is 2.86. The Bertz CT molecular complexity index is 1410. The van der Waals surface area contributed by atoms with Crippen LogP contribution in [0.5, 0.6) is 0 Å². The quantitative estimate of drug-likeness (QED) is 0.335. The highest BCUT2D eigenvalue weighted by molar-refractivity contribution is 7.91. The maximum atomic E-state index is 13.2. The predicted octanol–water partition coefficient (Wildman–Crippen LogP) is 3.75. The van der Waals surface area contributed by atoms with Gasteiger partial charge < -0.3 is 16.0 Å². The van der Waals surface area contributed by atoms with Crippen LogP contribution in [-0.2, 0) is 30.8 Å². The van der Waals surface area contributed by atoms with E-state index in [-0.39, 0.29) is 23.6 Å². The molecule has 0 radical (unpaired) electrons. The fraction of sp³-hybridized carbons (Fsp3) is 0.367. The van der Waals surface area contributed by atoms with Crippen molar-refractivity contribution in [1.29, 1.82) is 0 Å². The number of rotatable bonds is 11. The standard InChI is InChI=1S/C30H37N3O5S/c1-21(17-27(34)31-19-23-13-10-12-22-11-8-9-16-26(22)23)32-29(36)24(18-28(35)33-30(2,3)4)20-39(37,38)25-14-6-5-7-15-25/h5-16,21,24H,17-20H2,1-4H3,(H,31,34)(H,32,36)(H,33,35)/t21-,24+/m0/s1. The van der Waals surface area contributed by atoms with E-state index in [1.165, 1.54) is 12.1 Å². The highest BCUT2D eigenvalue weighted by atomic mass is 32.2. The Morgan fingerprint density at radius 2 is 1.46 bits per heavy atom. The summed E-state index contributed by atoms with van der Waals surface area (Å²) in [4.78, 5) is 38.5. The van der Waals surface area contributed by atoms with Crippen molar-refractivity contribution < 1.29 is 22.8 Å². The lowest BCUT2D eigenvalue weighted by atomic mass is 10.0. The van der Waals surface area contributed by atoms with Crippen LogP contribution in [0.4, 0.5) is 0 Å². The van der Waals surface area contributed by atoms with Gasteiger partial charge in [-0.2, -0.15) is 0 Å². The predicted molar refractivity (Wildman–Crippen MR) is 153 cm³/mol. The van der Waals surface area contributed by atoms with Crippen LogP contribution in [0, 0.1) is 5.92 Å². The summed E-state index contributed by atoms with van der Waals surface area (Å²) in [6, 6.07) is 21.1. The van der Waals surface area contributed by atoms with Gasteiger partial charge in [0.2, 0.25) is 17.7 Å². The van der Waals surface area contributed by atoms with Crippen molar-refractivity contribution in [2.45, 2.75) is 63.6 Å². The molecule has 3 aromatic carbocycles. The number of hydrogen-bond acceptors (Lipinski definition) is 5. The van der Waals surface area contributed by atoms with Crippen LogP contribution >= 0.6 is 0 Å². The molecule has 9 heteroatoms. The van der Waals surface area contributed by atoms with Crippen LogP contribution < -0.4 is 16.0 Å². The van der Waals surface area contributed by atoms with E-state index in [9.17, 15) is 22.8 Å². The van der Waals surface area contributed by atoms with E-state index in [1.807, 2.05) is 42.5 Å². The van der Waals surface area contributed by atoms with Crippen LogP contribution in [0.15, 0.2) is 77.7 Å². The second kappa shape index (κ2) is 12.9. The summed E-state index contributed by atoms with van der Waals surface area (Å²) in [6.45, 7) is 7.43. The molecule has 8 nitrogen and oxygen atoms in total. The molecule has 208 valence electrons. The summed E-state index contributed by atoms with van der Waals surface area (Å²) in [5.74, 6) is -2.92. The first-order chi connectivity index (χ1) is 18.3. The number of nitrogens with one attached hydrogen (secondary N) is 3. The molecule has 3 rings (SSSR count). The van der Waals surface area contributed by atoms with Gasteiger partial charge in [0.1, 0.15) is 0 Å². The molecule has 0 aliphatic heterocycles. The minimum absolute atomic E-state index is 0.00283. The summed E-state index contributed by atoms with van der Waals surface area (Å²) in [5, 5.41) is 10.5. The van der Waals surface area contributed by atoms with Gasteiger partial charge in [-0.05, 0) is 56.2 Å². The first-order valence-corrected chi connectivity index (χ1v) is 14.6. The summed E-state index contributed by atoms with van der Waals surface area (Å²) in [6.07, 6.45) is -0.294. The minimum Gasteiger partial charge on any atom is -0.353 e. The Labute approximate surface area is 230 Å². The van der Waals surface area contributed by atoms with E-state index in [1.54, 1.807) is 45.9 Å². The Kier molecular flexibility index (Phi) is 9.86. The van der Waals surface area contributed by atoms with Gasteiger partial charge in [-0.25, -0.2) is 8.42 Å². The molecule has 0 aromatic heterocycles. The summed E-state index contributed by atoms with van der Waals surface area (Å²) < 4.78 is 26.0. The van der Waals surface area contributed by atoms with Crippen LogP contribution in [0.2, 0.25) is 0 Å². The zero-order valence-electron chi connectivity index (χ0n) is 22.9. The van der Waals surface area contributed by atoms with Crippen molar-refractivity contribution in [2.24, 2.45) is 5.92 Å². The number of fused-ring (bicyclic) bond motifs is 1. The van der Waals surface area contributed by atoms with E-state index in [4.69, 9.17) is 0 Å². The normalized spacial score (nSPS) is 13.3. The molecular weight excluding hydrogens is 514 g/mol. The SMILES string of the molecule is C[C@@H](CC(=O)NCc1cccc2ccccc12)NC(=O)[C@H](CC(=O)NC(C)(C)C)CS(=O)(=O)c1ccccc1. The van der Waals surface area contributed by atoms with Crippen LogP contribution in [-0.4, -0.2) is 43.5 Å². The summed E-state index contributed by atoms with van der Waals surface area (Å²) in [7, 11) is -3.83. The van der Waals surface area contributed by atoms with E-state index in [0.717, 1.165) is 16.3 Å². The van der Waals surface area contributed by atoms with E-state index < -0.39 is 44.9 Å². The molecule has 0 bridgehead atoms. The molecule has 3 amide bonds. The molecule has 0 saturated heterocycles. The van der Waals surface area contributed by atoms with Crippen LogP contribution in [0.3, 0.4) is 0 Å². The fourth-order valence-corrected chi connectivity index (χ4v) is 5.87. The van der Waals surface area contributed by atoms with Gasteiger partial charge in [-0.15, -0.1) is 0 Å². The van der Waals surface area contributed by atoms with E-state index >= 15 is 0 Å². The van der Waals surface area contributed by atoms with Gasteiger partial charge in [0.15, 0.2) is 9.84 Å². The Balaban J connectivity index is 1.64. The first kappa shape index (κ1) is 29.8. The Morgan fingerprint density at radius 3 is 2.15 bits per heavy atom. The van der Waals surface area contributed by atoms with Crippen molar-refractivity contribution in [3.63, 3.8) is 0 Å². The number of carbonyl (C=O) groups is 3. The summed E-state index contributed by atoms with van der Waals surface area (Å²) >= 11 is 0. The van der Waals surface area contributed by atoms with Crippen molar-refractivity contribution in [2.75, 3.05) is 5.75 Å². The molecule has 0 spiro atoms. The molecule has 3 aromatic rings. The van der Waals surface area contributed by atoms with Crippen molar-refractivity contribution in [1.82, 2.24) is 16.0 Å². The van der Waals surface area contributed by atoms with Gasteiger partial charge in [0.25, 0.3) is 0 Å². The second-order valence-corrected chi connectivity index (χ2v) is 12.9. The van der Waals surface area contributed by atoms with E-state index in [2.05, 4.69) is 16.0 Å². The van der Waals surface area contributed by atoms with Gasteiger partial charge in [-0.3, -0.25) is 14.4 Å². The first-order valence-electron chi connectivity index (χ1n) is 13.0. The number of amides is 3. The third kappa shape index (κ3) is 9.21. The molecule has 2 atom stereocenters. The Morgan fingerprint density at radius 1 is 0.821 bits per heavy atom. The lowest BCUT2D eigenvalue weighted by Gasteiger charge is -2.24. The van der Waals surface area contributed by atoms with Crippen LogP contribution in [0.25, 0.3) is 10.8 Å². The van der Waals surface area contributed by atoms with Crippen molar-refractivity contribution in [3.05, 3.63) is 78.4 Å². The highest BCUT2D eigenvalue weighted by Gasteiger charge is 2.31. The van der Waals surface area contributed by atoms with Crippen molar-refractivity contribution >= 4 is 38.3 Å². The topological polar surface area (TPSA) is 121 Å². The third-order valence-electron chi connectivity index (χ3n) is 6.08. The third-order valence-corrected chi connectivity index (χ3v) is 7.91. The smallest absolute Gasteiger partial charge is 0.224 e. The molecule has 0 aliphatic carbocycles. The monoisotopic (exact) mass is 551 g/mol. The molecule has 0 unspecified atom stereocenters. The van der Waals surface area contributed by atoms with Gasteiger partial charge in [-0.1, -0.05) is 60.7 Å². The highest BCUT2D eigenvalue weighted by Crippen LogP contribution is 2.19. The fourth-order valence-electron chi connectivity index (χ4n) is 4.31. The minimum atomic E-state index is -3.83. The number of hydrogen-bond donors (Lipinski definition) is 3. The van der Waals surface area contributed by atoms with Crippen LogP contribution in [0.1, 0.15) is 46.1 Å². The molecule has 0 aliphatic rings. The maximum Gasteiger partial charge on any atom is 0.224 e. The zero-order valence-corrected chi connectivity index (χ0v) is 23.7.